The first kappa shape index (κ1) is 15.8. The molecule has 5 unspecified atom stereocenters. The van der Waals surface area contributed by atoms with Crippen LogP contribution in [0.3, 0.4) is 0 Å². The molecular weight excluding hydrogens is 308 g/mol. The largest absolute Gasteiger partial charge is 0.369 e. The summed E-state index contributed by atoms with van der Waals surface area (Å²) < 4.78 is 5.81. The summed E-state index contributed by atoms with van der Waals surface area (Å²) in [6, 6.07) is 0. The molecule has 1 saturated carbocycles. The van der Waals surface area contributed by atoms with Gasteiger partial charge in [0.15, 0.2) is 0 Å². The lowest BCUT2D eigenvalue weighted by atomic mass is 9.85. The van der Waals surface area contributed by atoms with Crippen LogP contribution in [0.1, 0.15) is 27.2 Å². The second-order valence-corrected chi connectivity index (χ2v) is 8.22. The summed E-state index contributed by atoms with van der Waals surface area (Å²) in [6.07, 6.45) is 4.98. The molecule has 6 nitrogen and oxygen atoms in total. The van der Waals surface area contributed by atoms with E-state index < -0.39 is 5.60 Å². The molecular formula is C18H24N2O4. The van der Waals surface area contributed by atoms with Crippen LogP contribution < -0.4 is 0 Å². The highest BCUT2D eigenvalue weighted by Gasteiger charge is 2.59. The number of allylic oxidation sites excluding steroid dienone is 2. The van der Waals surface area contributed by atoms with Gasteiger partial charge in [0.25, 0.3) is 0 Å². The van der Waals surface area contributed by atoms with E-state index >= 15 is 0 Å². The van der Waals surface area contributed by atoms with E-state index in [1.54, 1.807) is 4.90 Å². The summed E-state index contributed by atoms with van der Waals surface area (Å²) in [5.41, 5.74) is -0.411. The first-order chi connectivity index (χ1) is 11.3. The Kier molecular flexibility index (Phi) is 3.39. The number of morpholine rings is 1. The molecule has 2 saturated heterocycles. The molecule has 24 heavy (non-hydrogen) atoms. The van der Waals surface area contributed by atoms with Gasteiger partial charge in [0.1, 0.15) is 6.54 Å². The Balaban J connectivity index is 1.47. The van der Waals surface area contributed by atoms with Gasteiger partial charge in [0.05, 0.1) is 23.5 Å². The molecule has 0 aromatic heterocycles. The van der Waals surface area contributed by atoms with Crippen LogP contribution >= 0.6 is 0 Å². The standard InChI is InChI=1S/C18H24N2O4/c1-10-7-19(9-18(2,3)24-10)13(21)8-20-16(22)14-11-4-5-12(6-11)15(14)17(20)23/h4-5,10-12,14-15H,6-9H2,1-3H3. The van der Waals surface area contributed by atoms with Crippen LogP contribution in [0.25, 0.3) is 0 Å². The average molecular weight is 332 g/mol. The summed E-state index contributed by atoms with van der Waals surface area (Å²) in [7, 11) is 0. The van der Waals surface area contributed by atoms with Crippen LogP contribution in [0.5, 0.6) is 0 Å². The van der Waals surface area contributed by atoms with Gasteiger partial charge in [0.2, 0.25) is 17.7 Å². The van der Waals surface area contributed by atoms with Crippen molar-refractivity contribution in [3.8, 4) is 0 Å². The van der Waals surface area contributed by atoms with Crippen molar-refractivity contribution in [1.29, 1.82) is 0 Å². The molecule has 0 radical (unpaired) electrons. The van der Waals surface area contributed by atoms with Gasteiger partial charge in [-0.25, -0.2) is 0 Å². The number of likely N-dealkylation sites (tertiary alicyclic amines) is 1. The maximum absolute atomic E-state index is 12.7. The second kappa shape index (κ2) is 5.15. The number of fused-ring (bicyclic) bond motifs is 5. The highest BCUT2D eigenvalue weighted by Crippen LogP contribution is 2.52. The summed E-state index contributed by atoms with van der Waals surface area (Å²) in [5.74, 6) is -0.592. The van der Waals surface area contributed by atoms with Crippen LogP contribution in [0.15, 0.2) is 12.2 Å². The molecule has 3 amide bonds. The van der Waals surface area contributed by atoms with Crippen LogP contribution in [-0.4, -0.2) is 58.9 Å². The molecule has 4 rings (SSSR count). The van der Waals surface area contributed by atoms with E-state index in [1.165, 1.54) is 4.90 Å². The van der Waals surface area contributed by atoms with Crippen molar-refractivity contribution in [3.05, 3.63) is 12.2 Å². The molecule has 6 heteroatoms. The predicted molar refractivity (Wildman–Crippen MR) is 85.6 cm³/mol. The number of carbonyl (C=O) groups excluding carboxylic acids is 3. The second-order valence-electron chi connectivity index (χ2n) is 8.22. The minimum Gasteiger partial charge on any atom is -0.369 e. The van der Waals surface area contributed by atoms with Crippen molar-refractivity contribution >= 4 is 17.7 Å². The number of hydrogen-bond donors (Lipinski definition) is 0. The lowest BCUT2D eigenvalue weighted by Crippen LogP contribution is -2.56. The SMILES string of the molecule is CC1CN(C(=O)CN2C(=O)C3C4C=CC(C4)C3C2=O)CC(C)(C)O1. The van der Waals surface area contributed by atoms with Crippen LogP contribution in [0.4, 0.5) is 0 Å². The van der Waals surface area contributed by atoms with E-state index in [0.29, 0.717) is 13.1 Å². The van der Waals surface area contributed by atoms with Crippen molar-refractivity contribution in [2.45, 2.75) is 38.9 Å². The van der Waals surface area contributed by atoms with Crippen molar-refractivity contribution in [1.82, 2.24) is 9.80 Å². The fourth-order valence-electron chi connectivity index (χ4n) is 5.00. The average Bonchev–Trinajstić information content (AvgIpc) is 3.14. The summed E-state index contributed by atoms with van der Waals surface area (Å²) in [4.78, 5) is 41.0. The Hall–Kier alpha value is -1.69. The monoisotopic (exact) mass is 332 g/mol. The zero-order chi connectivity index (χ0) is 17.2. The molecule has 0 aromatic rings. The topological polar surface area (TPSA) is 66.9 Å². The van der Waals surface area contributed by atoms with Gasteiger partial charge in [-0.1, -0.05) is 12.2 Å². The minimum absolute atomic E-state index is 0.0536. The molecule has 3 fully saturated rings. The number of carbonyl (C=O) groups is 3. The molecule has 5 atom stereocenters. The summed E-state index contributed by atoms with van der Waals surface area (Å²) in [5, 5.41) is 0. The number of ether oxygens (including phenoxy) is 1. The lowest BCUT2D eigenvalue weighted by molar-refractivity contribution is -0.161. The highest BCUT2D eigenvalue weighted by molar-refractivity contribution is 6.08. The third-order valence-electron chi connectivity index (χ3n) is 5.78. The molecule has 4 aliphatic rings. The third kappa shape index (κ3) is 2.31. The number of hydrogen-bond acceptors (Lipinski definition) is 4. The molecule has 2 heterocycles. The Labute approximate surface area is 141 Å². The van der Waals surface area contributed by atoms with E-state index in [-0.39, 0.29) is 54.0 Å². The van der Waals surface area contributed by atoms with E-state index in [2.05, 4.69) is 12.2 Å². The Morgan fingerprint density at radius 2 is 1.79 bits per heavy atom. The summed E-state index contributed by atoms with van der Waals surface area (Å²) >= 11 is 0. The zero-order valence-corrected chi connectivity index (χ0v) is 14.4. The van der Waals surface area contributed by atoms with Crippen LogP contribution in [-0.2, 0) is 19.1 Å². The van der Waals surface area contributed by atoms with Gasteiger partial charge < -0.3 is 9.64 Å². The van der Waals surface area contributed by atoms with Crippen molar-refractivity contribution < 1.29 is 19.1 Å². The fraction of sp³-hybridized carbons (Fsp3) is 0.722. The number of nitrogens with zero attached hydrogens (tertiary/aromatic N) is 2. The molecule has 0 N–H and O–H groups in total. The van der Waals surface area contributed by atoms with Gasteiger partial charge in [0, 0.05) is 13.1 Å². The van der Waals surface area contributed by atoms with Gasteiger partial charge in [-0.2, -0.15) is 0 Å². The predicted octanol–water partition coefficient (Wildman–Crippen LogP) is 0.819. The maximum atomic E-state index is 12.7. The molecule has 0 spiro atoms. The zero-order valence-electron chi connectivity index (χ0n) is 14.4. The van der Waals surface area contributed by atoms with Gasteiger partial charge in [-0.05, 0) is 39.0 Å². The van der Waals surface area contributed by atoms with Crippen LogP contribution in [0, 0.1) is 23.7 Å². The van der Waals surface area contributed by atoms with Gasteiger partial charge in [-0.3, -0.25) is 19.3 Å². The summed E-state index contributed by atoms with van der Waals surface area (Å²) in [6.45, 7) is 6.67. The highest BCUT2D eigenvalue weighted by atomic mass is 16.5. The van der Waals surface area contributed by atoms with E-state index in [1.807, 2.05) is 20.8 Å². The number of imide groups is 1. The van der Waals surface area contributed by atoms with E-state index in [4.69, 9.17) is 4.74 Å². The molecule has 2 bridgehead atoms. The Morgan fingerprint density at radius 1 is 1.21 bits per heavy atom. The lowest BCUT2D eigenvalue weighted by Gasteiger charge is -2.42. The molecule has 0 aromatic carbocycles. The molecule has 130 valence electrons. The number of rotatable bonds is 2. The third-order valence-corrected chi connectivity index (χ3v) is 5.78. The van der Waals surface area contributed by atoms with Crippen molar-refractivity contribution in [3.63, 3.8) is 0 Å². The first-order valence-corrected chi connectivity index (χ1v) is 8.76. The maximum Gasteiger partial charge on any atom is 0.242 e. The quantitative estimate of drug-likeness (QED) is 0.555. The normalized spacial score (nSPS) is 39.7. The van der Waals surface area contributed by atoms with Gasteiger partial charge >= 0.3 is 0 Å². The van der Waals surface area contributed by atoms with E-state index in [9.17, 15) is 14.4 Å². The van der Waals surface area contributed by atoms with Crippen LogP contribution in [0.2, 0.25) is 0 Å². The van der Waals surface area contributed by atoms with Crippen molar-refractivity contribution in [2.75, 3.05) is 19.6 Å². The minimum atomic E-state index is -0.411. The Bertz CT molecular complexity index is 611. The van der Waals surface area contributed by atoms with Gasteiger partial charge in [-0.15, -0.1) is 0 Å². The Morgan fingerprint density at radius 3 is 2.33 bits per heavy atom. The smallest absolute Gasteiger partial charge is 0.242 e. The van der Waals surface area contributed by atoms with Crippen molar-refractivity contribution in [2.24, 2.45) is 23.7 Å². The van der Waals surface area contributed by atoms with E-state index in [0.717, 1.165) is 6.42 Å². The fourth-order valence-corrected chi connectivity index (χ4v) is 5.00. The molecule has 2 aliphatic heterocycles. The molecule has 2 aliphatic carbocycles. The number of amides is 3. The first-order valence-electron chi connectivity index (χ1n) is 8.76.